The molecule has 3 heterocycles. The normalized spacial score (nSPS) is 18.1. The van der Waals surface area contributed by atoms with Crippen LogP contribution < -0.4 is 5.32 Å². The lowest BCUT2D eigenvalue weighted by Crippen LogP contribution is -2.16. The predicted octanol–water partition coefficient (Wildman–Crippen LogP) is 3.56. The van der Waals surface area contributed by atoms with Gasteiger partial charge in [-0.2, -0.15) is 9.97 Å². The van der Waals surface area contributed by atoms with Gasteiger partial charge in [0.1, 0.15) is 5.52 Å². The summed E-state index contributed by atoms with van der Waals surface area (Å²) in [5.41, 5.74) is 2.77. The number of nitrogens with zero attached hydrogens (tertiary/aromatic N) is 3. The van der Waals surface area contributed by atoms with Crippen LogP contribution in [0.1, 0.15) is 29.3 Å². The van der Waals surface area contributed by atoms with Crippen LogP contribution in [0.3, 0.4) is 0 Å². The Morgan fingerprint density at radius 2 is 2.35 bits per heavy atom. The van der Waals surface area contributed by atoms with Crippen molar-refractivity contribution in [3.8, 4) is 0 Å². The number of H-pyrrole nitrogens is 1. The Morgan fingerprint density at radius 3 is 3.30 bits per heavy atom. The minimum atomic E-state index is 0.216. The van der Waals surface area contributed by atoms with E-state index in [-0.39, 0.29) is 11.3 Å². The van der Waals surface area contributed by atoms with Gasteiger partial charge < -0.3 is 10.3 Å². The average molecular weight is 306 g/mol. The molecule has 7 heteroatoms. The molecule has 3 aromatic rings. The third kappa shape index (κ3) is 1.96. The number of thiophene rings is 1. The molecule has 1 unspecified atom stereocenters. The van der Waals surface area contributed by atoms with E-state index >= 15 is 0 Å². The van der Waals surface area contributed by atoms with Gasteiger partial charge in [0.25, 0.3) is 0 Å². The molecule has 0 amide bonds. The van der Waals surface area contributed by atoms with Gasteiger partial charge in [0, 0.05) is 4.88 Å². The Hall–Kier alpha value is -1.66. The lowest BCUT2D eigenvalue weighted by atomic mass is 9.94. The number of rotatable bonds is 2. The Morgan fingerprint density at radius 1 is 1.40 bits per heavy atom. The highest BCUT2D eigenvalue weighted by molar-refractivity contribution is 7.10. The van der Waals surface area contributed by atoms with E-state index in [1.54, 1.807) is 6.33 Å². The Kier molecular flexibility index (Phi) is 2.85. The summed E-state index contributed by atoms with van der Waals surface area (Å²) >= 11 is 7.79. The molecule has 0 bridgehead atoms. The molecule has 3 aromatic heterocycles. The third-order valence-corrected chi connectivity index (χ3v) is 4.79. The zero-order chi connectivity index (χ0) is 13.5. The van der Waals surface area contributed by atoms with Crippen molar-refractivity contribution in [2.45, 2.75) is 25.3 Å². The van der Waals surface area contributed by atoms with Gasteiger partial charge in [0.2, 0.25) is 5.28 Å². The number of nitrogens with one attached hydrogen (secondary N) is 2. The summed E-state index contributed by atoms with van der Waals surface area (Å²) < 4.78 is 0. The summed E-state index contributed by atoms with van der Waals surface area (Å²) in [6.45, 7) is 0. The van der Waals surface area contributed by atoms with Gasteiger partial charge in [-0.05, 0) is 47.9 Å². The van der Waals surface area contributed by atoms with E-state index < -0.39 is 0 Å². The molecule has 0 aliphatic heterocycles. The molecule has 0 spiro atoms. The maximum atomic E-state index is 5.96. The molecule has 4 rings (SSSR count). The van der Waals surface area contributed by atoms with Gasteiger partial charge in [0.15, 0.2) is 11.5 Å². The summed E-state index contributed by atoms with van der Waals surface area (Å²) in [5.74, 6) is 0.724. The zero-order valence-corrected chi connectivity index (χ0v) is 12.1. The van der Waals surface area contributed by atoms with E-state index in [4.69, 9.17) is 11.6 Å². The van der Waals surface area contributed by atoms with Crippen molar-refractivity contribution in [3.05, 3.63) is 33.5 Å². The first-order valence-corrected chi connectivity index (χ1v) is 7.76. The first kappa shape index (κ1) is 12.1. The summed E-state index contributed by atoms with van der Waals surface area (Å²) in [7, 11) is 0. The molecule has 1 aliphatic carbocycles. The molecule has 1 aliphatic rings. The van der Waals surface area contributed by atoms with Crippen LogP contribution in [0.25, 0.3) is 11.2 Å². The summed E-state index contributed by atoms with van der Waals surface area (Å²) in [5, 5.41) is 5.87. The second-order valence-corrected chi connectivity index (χ2v) is 6.17. The van der Waals surface area contributed by atoms with Gasteiger partial charge >= 0.3 is 0 Å². The van der Waals surface area contributed by atoms with Crippen LogP contribution in [0.2, 0.25) is 5.28 Å². The second kappa shape index (κ2) is 4.71. The number of halogens is 1. The van der Waals surface area contributed by atoms with E-state index in [1.165, 1.54) is 23.3 Å². The van der Waals surface area contributed by atoms with Crippen LogP contribution in [0.4, 0.5) is 5.82 Å². The van der Waals surface area contributed by atoms with Crippen LogP contribution >= 0.6 is 22.9 Å². The lowest BCUT2D eigenvalue weighted by Gasteiger charge is -2.24. The highest BCUT2D eigenvalue weighted by Gasteiger charge is 2.22. The molecule has 2 N–H and O–H groups in total. The molecule has 102 valence electrons. The van der Waals surface area contributed by atoms with Crippen molar-refractivity contribution >= 4 is 39.9 Å². The molecule has 20 heavy (non-hydrogen) atoms. The first-order valence-electron chi connectivity index (χ1n) is 6.50. The maximum Gasteiger partial charge on any atom is 0.226 e. The number of aromatic nitrogens is 4. The van der Waals surface area contributed by atoms with E-state index in [0.29, 0.717) is 5.65 Å². The predicted molar refractivity (Wildman–Crippen MR) is 80.3 cm³/mol. The number of hydrogen-bond acceptors (Lipinski definition) is 5. The topological polar surface area (TPSA) is 66.5 Å². The third-order valence-electron chi connectivity index (χ3n) is 3.62. The minimum absolute atomic E-state index is 0.216. The molecular weight excluding hydrogens is 294 g/mol. The average Bonchev–Trinajstić information content (AvgIpc) is 3.06. The number of imidazole rings is 1. The molecule has 0 fully saturated rings. The largest absolute Gasteiger partial charge is 0.361 e. The molecule has 0 aromatic carbocycles. The number of anilines is 1. The quantitative estimate of drug-likeness (QED) is 0.710. The molecule has 0 saturated carbocycles. The number of fused-ring (bicyclic) bond motifs is 2. The highest BCUT2D eigenvalue weighted by Crippen LogP contribution is 2.36. The summed E-state index contributed by atoms with van der Waals surface area (Å²) in [6, 6.07) is 2.48. The molecule has 0 saturated heterocycles. The van der Waals surface area contributed by atoms with Crippen molar-refractivity contribution in [3.63, 3.8) is 0 Å². The van der Waals surface area contributed by atoms with E-state index in [0.717, 1.165) is 17.8 Å². The van der Waals surface area contributed by atoms with Crippen LogP contribution in [0.15, 0.2) is 17.8 Å². The zero-order valence-electron chi connectivity index (χ0n) is 10.6. The number of aryl methyl sites for hydroxylation is 1. The van der Waals surface area contributed by atoms with E-state index in [1.807, 2.05) is 11.3 Å². The fraction of sp³-hybridized carbons (Fsp3) is 0.308. The molecular formula is C13H12ClN5S. The fourth-order valence-electron chi connectivity index (χ4n) is 2.71. The van der Waals surface area contributed by atoms with Gasteiger partial charge in [-0.1, -0.05) is 0 Å². The monoisotopic (exact) mass is 305 g/mol. The van der Waals surface area contributed by atoms with Crippen molar-refractivity contribution < 1.29 is 0 Å². The van der Waals surface area contributed by atoms with Gasteiger partial charge in [0.05, 0.1) is 12.4 Å². The Bertz CT molecular complexity index is 765. The van der Waals surface area contributed by atoms with Gasteiger partial charge in [-0.25, -0.2) is 4.98 Å². The van der Waals surface area contributed by atoms with Crippen molar-refractivity contribution in [2.75, 3.05) is 5.32 Å². The van der Waals surface area contributed by atoms with Gasteiger partial charge in [-0.3, -0.25) is 0 Å². The van der Waals surface area contributed by atoms with Crippen molar-refractivity contribution in [1.29, 1.82) is 0 Å². The molecule has 5 nitrogen and oxygen atoms in total. The standard InChI is InChI=1S/C13H12ClN5S/c14-13-18-11-10(15-6-16-11)12(19-13)17-8-2-1-3-9-7(8)4-5-20-9/h4-6,8H,1-3H2,(H2,15,16,17,18,19). The van der Waals surface area contributed by atoms with Crippen LogP contribution in [0.5, 0.6) is 0 Å². The second-order valence-electron chi connectivity index (χ2n) is 4.83. The lowest BCUT2D eigenvalue weighted by molar-refractivity contribution is 0.607. The van der Waals surface area contributed by atoms with Crippen molar-refractivity contribution in [1.82, 2.24) is 19.9 Å². The molecule has 0 radical (unpaired) electrons. The van der Waals surface area contributed by atoms with Crippen molar-refractivity contribution in [2.24, 2.45) is 0 Å². The van der Waals surface area contributed by atoms with Crippen LogP contribution in [-0.2, 0) is 6.42 Å². The smallest absolute Gasteiger partial charge is 0.226 e. The highest BCUT2D eigenvalue weighted by atomic mass is 35.5. The Balaban J connectivity index is 1.74. The van der Waals surface area contributed by atoms with E-state index in [9.17, 15) is 0 Å². The van der Waals surface area contributed by atoms with E-state index in [2.05, 4.69) is 36.7 Å². The number of aromatic amines is 1. The first-order chi connectivity index (χ1) is 9.81. The summed E-state index contributed by atoms with van der Waals surface area (Å²) in [4.78, 5) is 17.1. The number of hydrogen-bond donors (Lipinski definition) is 2. The SMILES string of the molecule is Clc1nc(NC2CCCc3sccc32)c2[nH]cnc2n1. The fourth-order valence-corrected chi connectivity index (χ4v) is 3.86. The Labute approximate surface area is 124 Å². The maximum absolute atomic E-state index is 5.96. The van der Waals surface area contributed by atoms with Crippen LogP contribution in [0, 0.1) is 0 Å². The molecule has 1 atom stereocenters. The van der Waals surface area contributed by atoms with Gasteiger partial charge in [-0.15, -0.1) is 11.3 Å². The minimum Gasteiger partial charge on any atom is -0.361 e. The summed E-state index contributed by atoms with van der Waals surface area (Å²) in [6.07, 6.45) is 5.07. The van der Waals surface area contributed by atoms with Crippen LogP contribution in [-0.4, -0.2) is 19.9 Å².